The first-order chi connectivity index (χ1) is 8.39. The van der Waals surface area contributed by atoms with Gasteiger partial charge in [0.1, 0.15) is 0 Å². The van der Waals surface area contributed by atoms with E-state index in [9.17, 15) is 0 Å². The van der Waals surface area contributed by atoms with Gasteiger partial charge < -0.3 is 5.32 Å². The maximum atomic E-state index is 3.68. The van der Waals surface area contributed by atoms with Crippen LogP contribution in [0.4, 0.5) is 0 Å². The molecule has 0 aromatic carbocycles. The molecule has 2 heterocycles. The standard InChI is InChI=1S/C16H30N2/c1-6-17-11-9-12-7-8-13(10-11)18(12)14-15(2,3)16(14,4)5/h11-14,17H,6-10H2,1-5H3. The number of piperidine rings is 1. The van der Waals surface area contributed by atoms with E-state index in [0.29, 0.717) is 10.8 Å². The molecule has 0 radical (unpaired) electrons. The van der Waals surface area contributed by atoms with Gasteiger partial charge in [0.2, 0.25) is 0 Å². The summed E-state index contributed by atoms with van der Waals surface area (Å²) in [7, 11) is 0. The van der Waals surface area contributed by atoms with Crippen molar-refractivity contribution in [2.75, 3.05) is 6.54 Å². The fourth-order valence-corrected chi connectivity index (χ4v) is 5.00. The summed E-state index contributed by atoms with van der Waals surface area (Å²) in [5.74, 6) is 0. The fraction of sp³-hybridized carbons (Fsp3) is 1.00. The molecule has 2 saturated heterocycles. The lowest BCUT2D eigenvalue weighted by atomic mass is 9.96. The van der Waals surface area contributed by atoms with Crippen LogP contribution in [0.3, 0.4) is 0 Å². The number of hydrogen-bond donors (Lipinski definition) is 1. The van der Waals surface area contributed by atoms with E-state index < -0.39 is 0 Å². The quantitative estimate of drug-likeness (QED) is 0.828. The Morgan fingerprint density at radius 1 is 1.00 bits per heavy atom. The van der Waals surface area contributed by atoms with Gasteiger partial charge in [-0.05, 0) is 43.1 Å². The second-order valence-corrected chi connectivity index (χ2v) is 7.90. The molecule has 3 rings (SSSR count). The van der Waals surface area contributed by atoms with Gasteiger partial charge in [0.15, 0.2) is 0 Å². The summed E-state index contributed by atoms with van der Waals surface area (Å²) in [6, 6.07) is 3.33. The molecule has 18 heavy (non-hydrogen) atoms. The Balaban J connectivity index is 1.74. The van der Waals surface area contributed by atoms with Crippen LogP contribution in [0.5, 0.6) is 0 Å². The summed E-state index contributed by atoms with van der Waals surface area (Å²) >= 11 is 0. The van der Waals surface area contributed by atoms with Crippen LogP contribution in [0.25, 0.3) is 0 Å². The largest absolute Gasteiger partial charge is 0.314 e. The highest BCUT2D eigenvalue weighted by molar-refractivity contribution is 5.21. The molecule has 0 aromatic rings. The molecule has 0 spiro atoms. The van der Waals surface area contributed by atoms with Crippen molar-refractivity contribution in [3.63, 3.8) is 0 Å². The van der Waals surface area contributed by atoms with Gasteiger partial charge >= 0.3 is 0 Å². The summed E-state index contributed by atoms with van der Waals surface area (Å²) < 4.78 is 0. The van der Waals surface area contributed by atoms with Gasteiger partial charge in [-0.25, -0.2) is 0 Å². The van der Waals surface area contributed by atoms with Crippen LogP contribution in [-0.2, 0) is 0 Å². The van der Waals surface area contributed by atoms with Crippen molar-refractivity contribution in [2.45, 2.75) is 84.5 Å². The minimum atomic E-state index is 0.513. The molecule has 2 aliphatic heterocycles. The van der Waals surface area contributed by atoms with Crippen molar-refractivity contribution in [3.8, 4) is 0 Å². The maximum Gasteiger partial charge on any atom is 0.0215 e. The third kappa shape index (κ3) is 1.61. The van der Waals surface area contributed by atoms with Crippen LogP contribution < -0.4 is 5.32 Å². The summed E-state index contributed by atoms with van der Waals surface area (Å²) in [5.41, 5.74) is 1.03. The van der Waals surface area contributed by atoms with Crippen molar-refractivity contribution in [3.05, 3.63) is 0 Å². The normalized spacial score (nSPS) is 42.2. The average molecular weight is 250 g/mol. The van der Waals surface area contributed by atoms with E-state index in [2.05, 4.69) is 44.8 Å². The fourth-order valence-electron chi connectivity index (χ4n) is 5.00. The summed E-state index contributed by atoms with van der Waals surface area (Å²) in [6.07, 6.45) is 5.64. The highest BCUT2D eigenvalue weighted by Crippen LogP contribution is 2.67. The molecule has 1 N–H and O–H groups in total. The molecule has 0 amide bonds. The van der Waals surface area contributed by atoms with Crippen molar-refractivity contribution < 1.29 is 0 Å². The SMILES string of the molecule is CCNC1CC2CCC(C1)N2C1C(C)(C)C1(C)C. The number of hydrogen-bond acceptors (Lipinski definition) is 2. The second kappa shape index (κ2) is 3.96. The van der Waals surface area contributed by atoms with Crippen LogP contribution in [0.15, 0.2) is 0 Å². The molecule has 3 fully saturated rings. The van der Waals surface area contributed by atoms with Crippen molar-refractivity contribution in [2.24, 2.45) is 10.8 Å². The number of nitrogens with zero attached hydrogens (tertiary/aromatic N) is 1. The lowest BCUT2D eigenvalue weighted by Gasteiger charge is -2.40. The van der Waals surface area contributed by atoms with Crippen LogP contribution >= 0.6 is 0 Å². The van der Waals surface area contributed by atoms with Crippen LogP contribution in [0.1, 0.15) is 60.3 Å². The molecule has 1 saturated carbocycles. The van der Waals surface area contributed by atoms with Gasteiger partial charge in [-0.2, -0.15) is 0 Å². The Bertz CT molecular complexity index is 306. The molecule has 0 aromatic heterocycles. The molecule has 2 bridgehead atoms. The molecule has 2 unspecified atom stereocenters. The van der Waals surface area contributed by atoms with Crippen molar-refractivity contribution in [1.29, 1.82) is 0 Å². The first kappa shape index (κ1) is 12.9. The molecular formula is C16H30N2. The first-order valence-corrected chi connectivity index (χ1v) is 7.90. The molecule has 2 atom stereocenters. The minimum absolute atomic E-state index is 0.513. The van der Waals surface area contributed by atoms with Gasteiger partial charge in [0.25, 0.3) is 0 Å². The Morgan fingerprint density at radius 3 is 1.89 bits per heavy atom. The van der Waals surface area contributed by atoms with Gasteiger partial charge in [-0.1, -0.05) is 34.6 Å². The Hall–Kier alpha value is -0.0800. The molecule has 104 valence electrons. The van der Waals surface area contributed by atoms with Crippen LogP contribution in [0, 0.1) is 10.8 Å². The highest BCUT2D eigenvalue weighted by Gasteiger charge is 2.69. The van der Waals surface area contributed by atoms with E-state index in [0.717, 1.165) is 30.7 Å². The zero-order valence-electron chi connectivity index (χ0n) is 12.8. The lowest BCUT2D eigenvalue weighted by Crippen LogP contribution is -2.51. The monoisotopic (exact) mass is 250 g/mol. The molecule has 3 aliphatic rings. The predicted molar refractivity (Wildman–Crippen MR) is 76.7 cm³/mol. The highest BCUT2D eigenvalue weighted by atomic mass is 15.3. The topological polar surface area (TPSA) is 15.3 Å². The second-order valence-electron chi connectivity index (χ2n) is 7.90. The van der Waals surface area contributed by atoms with E-state index in [1.807, 2.05) is 0 Å². The molecule has 2 nitrogen and oxygen atoms in total. The smallest absolute Gasteiger partial charge is 0.0215 e. The lowest BCUT2D eigenvalue weighted by molar-refractivity contribution is 0.0890. The Labute approximate surface area is 113 Å². The molecule has 2 heteroatoms. The van der Waals surface area contributed by atoms with E-state index >= 15 is 0 Å². The summed E-state index contributed by atoms with van der Waals surface area (Å²) in [4.78, 5) is 2.92. The van der Waals surface area contributed by atoms with E-state index in [4.69, 9.17) is 0 Å². The van der Waals surface area contributed by atoms with Gasteiger partial charge in [0, 0.05) is 24.2 Å². The van der Waals surface area contributed by atoms with E-state index in [1.165, 1.54) is 25.7 Å². The Morgan fingerprint density at radius 2 is 1.50 bits per heavy atom. The van der Waals surface area contributed by atoms with Crippen molar-refractivity contribution in [1.82, 2.24) is 10.2 Å². The van der Waals surface area contributed by atoms with Gasteiger partial charge in [-0.15, -0.1) is 0 Å². The van der Waals surface area contributed by atoms with E-state index in [-0.39, 0.29) is 0 Å². The van der Waals surface area contributed by atoms with E-state index in [1.54, 1.807) is 0 Å². The van der Waals surface area contributed by atoms with Crippen molar-refractivity contribution >= 4 is 0 Å². The van der Waals surface area contributed by atoms with Crippen LogP contribution in [0.2, 0.25) is 0 Å². The number of nitrogens with one attached hydrogen (secondary N) is 1. The maximum absolute atomic E-state index is 3.68. The molecular weight excluding hydrogens is 220 g/mol. The third-order valence-corrected chi connectivity index (χ3v) is 6.53. The van der Waals surface area contributed by atoms with Gasteiger partial charge in [0.05, 0.1) is 0 Å². The minimum Gasteiger partial charge on any atom is -0.314 e. The zero-order chi connectivity index (χ0) is 13.1. The third-order valence-electron chi connectivity index (χ3n) is 6.53. The predicted octanol–water partition coefficient (Wildman–Crippen LogP) is 3.03. The summed E-state index contributed by atoms with van der Waals surface area (Å²) in [5, 5.41) is 3.68. The first-order valence-electron chi connectivity index (χ1n) is 7.90. The van der Waals surface area contributed by atoms with Crippen LogP contribution in [-0.4, -0.2) is 35.6 Å². The average Bonchev–Trinajstić information content (AvgIpc) is 2.54. The summed E-state index contributed by atoms with van der Waals surface area (Å²) in [6.45, 7) is 13.2. The Kier molecular flexibility index (Phi) is 2.84. The molecule has 1 aliphatic carbocycles. The number of fused-ring (bicyclic) bond motifs is 2. The number of rotatable bonds is 3. The zero-order valence-corrected chi connectivity index (χ0v) is 12.8. The van der Waals surface area contributed by atoms with Gasteiger partial charge in [-0.3, -0.25) is 4.90 Å².